The van der Waals surface area contributed by atoms with Gasteiger partial charge in [0.1, 0.15) is 6.54 Å². The maximum Gasteiger partial charge on any atom is 0.244 e. The lowest BCUT2D eigenvalue weighted by atomic mass is 10.1. The van der Waals surface area contributed by atoms with Gasteiger partial charge in [-0.3, -0.25) is 4.79 Å². The number of piperazine rings is 1. The number of anilines is 1. The summed E-state index contributed by atoms with van der Waals surface area (Å²) in [6.45, 7) is 9.15. The Balaban J connectivity index is 1.47. The Bertz CT molecular complexity index is 770. The molecule has 0 spiro atoms. The first kappa shape index (κ1) is 21.2. The van der Waals surface area contributed by atoms with E-state index in [2.05, 4.69) is 69.2 Å². The summed E-state index contributed by atoms with van der Waals surface area (Å²) in [5.41, 5.74) is 1.22. The molecule has 156 valence electrons. The summed E-state index contributed by atoms with van der Waals surface area (Å²) in [4.78, 5) is 22.7. The number of para-hydroxylation sites is 1. The minimum Gasteiger partial charge on any atom is -0.368 e. The predicted molar refractivity (Wildman–Crippen MR) is 122 cm³/mol. The van der Waals surface area contributed by atoms with Crippen molar-refractivity contribution in [2.45, 2.75) is 19.8 Å². The summed E-state index contributed by atoms with van der Waals surface area (Å²) in [6, 6.07) is 14.6. The fourth-order valence-electron chi connectivity index (χ4n) is 3.36. The minimum absolute atomic E-state index is 0.0845. The Hall–Kier alpha value is -2.54. The number of nitrogens with one attached hydrogen (secondary N) is 2. The van der Waals surface area contributed by atoms with Crippen molar-refractivity contribution in [3.8, 4) is 0 Å². The molecule has 2 heterocycles. The van der Waals surface area contributed by atoms with Crippen LogP contribution in [0.2, 0.25) is 0 Å². The van der Waals surface area contributed by atoms with Crippen LogP contribution in [0.1, 0.15) is 24.6 Å². The second-order valence-corrected chi connectivity index (χ2v) is 8.18. The molecule has 1 aromatic carbocycles. The number of guanidine groups is 1. The lowest BCUT2D eigenvalue weighted by molar-refractivity contribution is -0.129. The number of benzene rings is 1. The Morgan fingerprint density at radius 1 is 1.10 bits per heavy atom. The molecule has 3 rings (SSSR count). The molecule has 1 saturated heterocycles. The van der Waals surface area contributed by atoms with Gasteiger partial charge in [-0.2, -0.15) is 0 Å². The molecule has 1 fully saturated rings. The number of rotatable bonds is 7. The Morgan fingerprint density at radius 3 is 2.52 bits per heavy atom. The van der Waals surface area contributed by atoms with Crippen LogP contribution >= 0.6 is 11.3 Å². The van der Waals surface area contributed by atoms with Crippen molar-refractivity contribution in [1.82, 2.24) is 15.5 Å². The standard InChI is InChI=1S/C22H31N5OS/c1-3-23-22(24-16-18(2)20-10-7-15-29-20)25-17-21(28)27-13-11-26(12-14-27)19-8-5-4-6-9-19/h4-10,15,18H,3,11-14,16-17H2,1-2H3,(H2,23,24,25). The number of thiophene rings is 1. The highest BCUT2D eigenvalue weighted by Crippen LogP contribution is 2.19. The van der Waals surface area contributed by atoms with E-state index in [4.69, 9.17) is 0 Å². The molecule has 0 saturated carbocycles. The monoisotopic (exact) mass is 413 g/mol. The van der Waals surface area contributed by atoms with Crippen molar-refractivity contribution in [2.75, 3.05) is 50.7 Å². The summed E-state index contributed by atoms with van der Waals surface area (Å²) >= 11 is 1.77. The topological polar surface area (TPSA) is 60.0 Å². The number of carbonyl (C=O) groups is 1. The molecule has 1 atom stereocenters. The molecule has 7 heteroatoms. The average molecular weight is 414 g/mol. The van der Waals surface area contributed by atoms with Gasteiger partial charge in [-0.15, -0.1) is 11.3 Å². The third-order valence-electron chi connectivity index (χ3n) is 5.07. The number of aliphatic imine (C=N–C) groups is 1. The number of amides is 1. The van der Waals surface area contributed by atoms with Crippen LogP contribution in [-0.4, -0.2) is 62.6 Å². The molecule has 0 radical (unpaired) electrons. The van der Waals surface area contributed by atoms with E-state index >= 15 is 0 Å². The molecule has 1 aliphatic rings. The summed E-state index contributed by atoms with van der Waals surface area (Å²) in [5, 5.41) is 8.69. The zero-order valence-corrected chi connectivity index (χ0v) is 18.1. The molecule has 1 aliphatic heterocycles. The number of hydrogen-bond donors (Lipinski definition) is 2. The molecule has 2 N–H and O–H groups in total. The largest absolute Gasteiger partial charge is 0.368 e. The van der Waals surface area contributed by atoms with Gasteiger partial charge in [-0.05, 0) is 30.5 Å². The highest BCUT2D eigenvalue weighted by Gasteiger charge is 2.21. The van der Waals surface area contributed by atoms with E-state index < -0.39 is 0 Å². The van der Waals surface area contributed by atoms with Crippen molar-refractivity contribution >= 4 is 28.9 Å². The van der Waals surface area contributed by atoms with E-state index in [0.717, 1.165) is 39.3 Å². The normalized spacial score (nSPS) is 15.9. The highest BCUT2D eigenvalue weighted by atomic mass is 32.1. The molecule has 1 aromatic heterocycles. The Labute approximate surface area is 177 Å². The molecule has 1 unspecified atom stereocenters. The van der Waals surface area contributed by atoms with Crippen molar-refractivity contribution in [3.63, 3.8) is 0 Å². The second kappa shape index (κ2) is 10.9. The van der Waals surface area contributed by atoms with Gasteiger partial charge in [0.05, 0.1) is 0 Å². The average Bonchev–Trinajstić information content (AvgIpc) is 3.31. The Kier molecular flexibility index (Phi) is 7.93. The van der Waals surface area contributed by atoms with Gasteiger partial charge in [0.15, 0.2) is 5.96 Å². The Morgan fingerprint density at radius 2 is 1.86 bits per heavy atom. The van der Waals surface area contributed by atoms with Gasteiger partial charge >= 0.3 is 0 Å². The van der Waals surface area contributed by atoms with Crippen LogP contribution in [0.25, 0.3) is 0 Å². The lowest BCUT2D eigenvalue weighted by Crippen LogP contribution is -2.49. The third kappa shape index (κ3) is 6.22. The van der Waals surface area contributed by atoms with Crippen LogP contribution in [0.4, 0.5) is 5.69 Å². The van der Waals surface area contributed by atoms with Crippen molar-refractivity contribution in [2.24, 2.45) is 4.99 Å². The highest BCUT2D eigenvalue weighted by molar-refractivity contribution is 7.10. The fraction of sp³-hybridized carbons (Fsp3) is 0.455. The van der Waals surface area contributed by atoms with Gasteiger partial charge in [0, 0.05) is 55.8 Å². The molecular formula is C22H31N5OS. The van der Waals surface area contributed by atoms with Crippen LogP contribution in [0, 0.1) is 0 Å². The first-order valence-corrected chi connectivity index (χ1v) is 11.2. The quantitative estimate of drug-likeness (QED) is 0.541. The maximum atomic E-state index is 12.6. The molecule has 0 bridgehead atoms. The van der Waals surface area contributed by atoms with E-state index in [-0.39, 0.29) is 12.5 Å². The predicted octanol–water partition coefficient (Wildman–Crippen LogP) is 2.76. The number of carbonyl (C=O) groups excluding carboxylic acids is 1. The third-order valence-corrected chi connectivity index (χ3v) is 6.18. The van der Waals surface area contributed by atoms with Crippen LogP contribution in [-0.2, 0) is 4.79 Å². The van der Waals surface area contributed by atoms with E-state index in [1.54, 1.807) is 11.3 Å². The number of hydrogen-bond acceptors (Lipinski definition) is 4. The fourth-order valence-corrected chi connectivity index (χ4v) is 4.15. The molecule has 0 aliphatic carbocycles. The summed E-state index contributed by atoms with van der Waals surface area (Å²) in [5.74, 6) is 1.19. The van der Waals surface area contributed by atoms with Crippen LogP contribution < -0.4 is 15.5 Å². The van der Waals surface area contributed by atoms with Gasteiger partial charge in [0.2, 0.25) is 5.91 Å². The first-order chi connectivity index (χ1) is 14.2. The molecule has 2 aromatic rings. The molecular weight excluding hydrogens is 382 g/mol. The summed E-state index contributed by atoms with van der Waals surface area (Å²) in [7, 11) is 0. The summed E-state index contributed by atoms with van der Waals surface area (Å²) < 4.78 is 0. The van der Waals surface area contributed by atoms with E-state index in [0.29, 0.717) is 11.9 Å². The smallest absolute Gasteiger partial charge is 0.244 e. The first-order valence-electron chi connectivity index (χ1n) is 10.3. The van der Waals surface area contributed by atoms with Gasteiger partial charge in [-0.25, -0.2) is 4.99 Å². The van der Waals surface area contributed by atoms with Crippen LogP contribution in [0.5, 0.6) is 0 Å². The van der Waals surface area contributed by atoms with Gasteiger partial charge < -0.3 is 20.4 Å². The van der Waals surface area contributed by atoms with Crippen molar-refractivity contribution in [3.05, 3.63) is 52.7 Å². The summed E-state index contributed by atoms with van der Waals surface area (Å²) in [6.07, 6.45) is 0. The van der Waals surface area contributed by atoms with Crippen molar-refractivity contribution < 1.29 is 4.79 Å². The van der Waals surface area contributed by atoms with Crippen LogP contribution in [0.3, 0.4) is 0 Å². The van der Waals surface area contributed by atoms with Gasteiger partial charge in [0.25, 0.3) is 0 Å². The lowest BCUT2D eigenvalue weighted by Gasteiger charge is -2.36. The van der Waals surface area contributed by atoms with E-state index in [9.17, 15) is 4.79 Å². The zero-order valence-electron chi connectivity index (χ0n) is 17.3. The van der Waals surface area contributed by atoms with Crippen molar-refractivity contribution in [1.29, 1.82) is 0 Å². The van der Waals surface area contributed by atoms with E-state index in [1.165, 1.54) is 10.6 Å². The SMILES string of the molecule is CCNC(=NCC(=O)N1CCN(c2ccccc2)CC1)NCC(C)c1cccs1. The van der Waals surface area contributed by atoms with Crippen LogP contribution in [0.15, 0.2) is 52.8 Å². The van der Waals surface area contributed by atoms with E-state index in [1.807, 2.05) is 17.9 Å². The number of nitrogens with zero attached hydrogens (tertiary/aromatic N) is 3. The molecule has 1 amide bonds. The maximum absolute atomic E-state index is 12.6. The minimum atomic E-state index is 0.0845. The zero-order chi connectivity index (χ0) is 20.5. The molecule has 29 heavy (non-hydrogen) atoms. The molecule has 6 nitrogen and oxygen atoms in total. The second-order valence-electron chi connectivity index (χ2n) is 7.20. The van der Waals surface area contributed by atoms with Gasteiger partial charge in [-0.1, -0.05) is 31.2 Å².